The minimum absolute atomic E-state index is 0.620. The zero-order valence-electron chi connectivity index (χ0n) is 9.98. The van der Waals surface area contributed by atoms with Crippen LogP contribution in [0.3, 0.4) is 0 Å². The second kappa shape index (κ2) is 2.81. The molecule has 1 spiro atoms. The van der Waals surface area contributed by atoms with Crippen molar-refractivity contribution in [2.75, 3.05) is 0 Å². The maximum Gasteiger partial charge on any atom is 0.225 e. The number of nitrogens with one attached hydrogen (secondary N) is 2. The molecule has 92 valence electrons. The topological polar surface area (TPSA) is 83.1 Å². The van der Waals surface area contributed by atoms with Gasteiger partial charge in [0.25, 0.3) is 0 Å². The molecule has 2 fully saturated rings. The van der Waals surface area contributed by atoms with Crippen LogP contribution in [0.1, 0.15) is 42.9 Å². The Morgan fingerprint density at radius 3 is 2.83 bits per heavy atom. The van der Waals surface area contributed by atoms with Gasteiger partial charge in [0.1, 0.15) is 5.69 Å². The minimum Gasteiger partial charge on any atom is -0.281 e. The average molecular weight is 242 g/mol. The molecule has 3 aliphatic rings. The van der Waals surface area contributed by atoms with Crippen molar-refractivity contribution in [3.63, 3.8) is 0 Å². The van der Waals surface area contributed by atoms with Crippen molar-refractivity contribution < 1.29 is 0 Å². The standard InChI is InChI=1S/C12H14N6/c1-2-4-12(3-1)7-5-6-9(8(7)12)13-14-10(6)11-15-17-18-16-11/h7-8H,1-5H2,(H,13,14)(H,15,16,17,18)/t7-,8?/m1/s1. The van der Waals surface area contributed by atoms with Gasteiger partial charge >= 0.3 is 0 Å². The Hall–Kier alpha value is -1.72. The number of aromatic nitrogens is 6. The summed E-state index contributed by atoms with van der Waals surface area (Å²) in [4.78, 5) is 0. The molecular weight excluding hydrogens is 228 g/mol. The molecule has 0 saturated heterocycles. The summed E-state index contributed by atoms with van der Waals surface area (Å²) in [5.74, 6) is 2.22. The second-order valence-corrected chi connectivity index (χ2v) is 5.93. The van der Waals surface area contributed by atoms with Crippen molar-refractivity contribution in [3.05, 3.63) is 11.3 Å². The SMILES string of the molecule is C1CCC2(C1)C1c3[nH]nc(-c4nn[nH]n4)c3C[C@H]12. The first-order valence-corrected chi connectivity index (χ1v) is 6.71. The van der Waals surface area contributed by atoms with Gasteiger partial charge in [-0.1, -0.05) is 12.8 Å². The van der Waals surface area contributed by atoms with E-state index in [2.05, 4.69) is 30.8 Å². The normalized spacial score (nSPS) is 30.7. The number of hydrogen-bond acceptors (Lipinski definition) is 4. The molecule has 6 heteroatoms. The fraction of sp³-hybridized carbons (Fsp3) is 0.667. The van der Waals surface area contributed by atoms with Gasteiger partial charge in [0.05, 0.1) is 0 Å². The third-order valence-corrected chi connectivity index (χ3v) is 5.38. The van der Waals surface area contributed by atoms with E-state index in [0.717, 1.165) is 24.0 Å². The summed E-state index contributed by atoms with van der Waals surface area (Å²) in [6.45, 7) is 0. The maximum absolute atomic E-state index is 4.40. The number of aromatic amines is 2. The van der Waals surface area contributed by atoms with Crippen LogP contribution >= 0.6 is 0 Å². The summed E-state index contributed by atoms with van der Waals surface area (Å²) >= 11 is 0. The van der Waals surface area contributed by atoms with Gasteiger partial charge in [-0.2, -0.15) is 10.3 Å². The van der Waals surface area contributed by atoms with E-state index >= 15 is 0 Å². The molecule has 2 aromatic heterocycles. The molecule has 0 amide bonds. The van der Waals surface area contributed by atoms with Crippen molar-refractivity contribution in [3.8, 4) is 11.5 Å². The number of H-pyrrole nitrogens is 2. The van der Waals surface area contributed by atoms with Crippen LogP contribution in [0.2, 0.25) is 0 Å². The molecule has 2 N–H and O–H groups in total. The minimum atomic E-state index is 0.620. The van der Waals surface area contributed by atoms with Crippen molar-refractivity contribution >= 4 is 0 Å². The van der Waals surface area contributed by atoms with Gasteiger partial charge in [0.15, 0.2) is 0 Å². The Labute approximate surface area is 104 Å². The lowest BCUT2D eigenvalue weighted by Crippen LogP contribution is -2.04. The molecule has 2 aromatic rings. The fourth-order valence-electron chi connectivity index (χ4n) is 4.61. The van der Waals surface area contributed by atoms with Gasteiger partial charge in [-0.25, -0.2) is 0 Å². The van der Waals surface area contributed by atoms with Gasteiger partial charge in [-0.3, -0.25) is 5.10 Å². The molecule has 0 bridgehead atoms. The Bertz CT molecular complexity index is 607. The van der Waals surface area contributed by atoms with E-state index < -0.39 is 0 Å². The average Bonchev–Trinajstić information content (AvgIpc) is 2.97. The van der Waals surface area contributed by atoms with Gasteiger partial charge in [0, 0.05) is 17.2 Å². The number of hydrogen-bond donors (Lipinski definition) is 2. The molecule has 5 rings (SSSR count). The molecule has 2 heterocycles. The molecule has 3 aliphatic carbocycles. The Morgan fingerprint density at radius 1 is 1.17 bits per heavy atom. The molecule has 0 radical (unpaired) electrons. The van der Waals surface area contributed by atoms with E-state index in [1.807, 2.05) is 0 Å². The van der Waals surface area contributed by atoms with Crippen LogP contribution in [0.25, 0.3) is 11.5 Å². The third kappa shape index (κ3) is 0.887. The predicted octanol–water partition coefficient (Wildman–Crippen LogP) is 1.42. The predicted molar refractivity (Wildman–Crippen MR) is 62.6 cm³/mol. The van der Waals surface area contributed by atoms with Crippen molar-refractivity contribution in [1.29, 1.82) is 0 Å². The van der Waals surface area contributed by atoms with Crippen LogP contribution < -0.4 is 0 Å². The van der Waals surface area contributed by atoms with Crippen molar-refractivity contribution in [2.45, 2.75) is 38.0 Å². The lowest BCUT2D eigenvalue weighted by molar-refractivity contribution is 0.451. The molecular formula is C12H14N6. The van der Waals surface area contributed by atoms with E-state index in [1.54, 1.807) is 0 Å². The highest BCUT2D eigenvalue weighted by Crippen LogP contribution is 2.76. The van der Waals surface area contributed by atoms with Gasteiger partial charge in [-0.05, 0) is 35.8 Å². The molecule has 18 heavy (non-hydrogen) atoms. The third-order valence-electron chi connectivity index (χ3n) is 5.38. The highest BCUT2D eigenvalue weighted by Gasteiger charge is 2.69. The molecule has 6 nitrogen and oxygen atoms in total. The Kier molecular flexibility index (Phi) is 1.44. The summed E-state index contributed by atoms with van der Waals surface area (Å²) in [7, 11) is 0. The number of fused-ring (bicyclic) bond motifs is 5. The van der Waals surface area contributed by atoms with Crippen LogP contribution in [0, 0.1) is 11.3 Å². The van der Waals surface area contributed by atoms with E-state index in [9.17, 15) is 0 Å². The lowest BCUT2D eigenvalue weighted by Gasteiger charge is -2.12. The monoisotopic (exact) mass is 242 g/mol. The van der Waals surface area contributed by atoms with Gasteiger partial charge in [0.2, 0.25) is 5.82 Å². The fourth-order valence-corrected chi connectivity index (χ4v) is 4.61. The van der Waals surface area contributed by atoms with Crippen LogP contribution in [0.4, 0.5) is 0 Å². The summed E-state index contributed by atoms with van der Waals surface area (Å²) in [5.41, 5.74) is 4.23. The van der Waals surface area contributed by atoms with Gasteiger partial charge < -0.3 is 0 Å². The van der Waals surface area contributed by atoms with E-state index in [-0.39, 0.29) is 0 Å². The quantitative estimate of drug-likeness (QED) is 0.792. The molecule has 0 aromatic carbocycles. The van der Waals surface area contributed by atoms with Crippen molar-refractivity contribution in [2.24, 2.45) is 11.3 Å². The largest absolute Gasteiger partial charge is 0.281 e. The van der Waals surface area contributed by atoms with Gasteiger partial charge in [-0.15, -0.1) is 10.2 Å². The smallest absolute Gasteiger partial charge is 0.225 e. The van der Waals surface area contributed by atoms with Crippen LogP contribution in [-0.2, 0) is 6.42 Å². The van der Waals surface area contributed by atoms with E-state index in [0.29, 0.717) is 11.2 Å². The van der Waals surface area contributed by atoms with Crippen LogP contribution in [-0.4, -0.2) is 30.8 Å². The molecule has 0 aliphatic heterocycles. The first kappa shape index (κ1) is 9.24. The first-order valence-electron chi connectivity index (χ1n) is 6.71. The molecule has 2 saturated carbocycles. The highest BCUT2D eigenvalue weighted by atomic mass is 15.5. The second-order valence-electron chi connectivity index (χ2n) is 5.93. The number of rotatable bonds is 1. The zero-order valence-corrected chi connectivity index (χ0v) is 9.98. The number of tetrazole rings is 1. The lowest BCUT2D eigenvalue weighted by atomic mass is 9.92. The number of nitrogens with zero attached hydrogens (tertiary/aromatic N) is 4. The Morgan fingerprint density at radius 2 is 2.06 bits per heavy atom. The van der Waals surface area contributed by atoms with E-state index in [1.165, 1.54) is 36.9 Å². The Balaban J connectivity index is 1.58. The molecule has 2 atom stereocenters. The molecule has 1 unspecified atom stereocenters. The van der Waals surface area contributed by atoms with Crippen LogP contribution in [0.5, 0.6) is 0 Å². The van der Waals surface area contributed by atoms with Crippen molar-refractivity contribution in [1.82, 2.24) is 30.8 Å². The van der Waals surface area contributed by atoms with Crippen LogP contribution in [0.15, 0.2) is 0 Å². The maximum atomic E-state index is 4.40. The summed E-state index contributed by atoms with van der Waals surface area (Å²) in [6.07, 6.45) is 6.80. The zero-order chi connectivity index (χ0) is 11.7. The van der Waals surface area contributed by atoms with E-state index in [4.69, 9.17) is 0 Å². The highest BCUT2D eigenvalue weighted by molar-refractivity contribution is 5.60. The summed E-state index contributed by atoms with van der Waals surface area (Å²) < 4.78 is 0. The summed E-state index contributed by atoms with van der Waals surface area (Å²) in [5, 5.41) is 21.8. The first-order chi connectivity index (χ1) is 8.90. The summed E-state index contributed by atoms with van der Waals surface area (Å²) in [6, 6.07) is 0.